The monoisotopic (exact) mass is 243 g/mol. The van der Waals surface area contributed by atoms with E-state index in [4.69, 9.17) is 11.6 Å². The molecule has 0 fully saturated rings. The summed E-state index contributed by atoms with van der Waals surface area (Å²) < 4.78 is 13.3. The first-order valence-corrected chi connectivity index (χ1v) is 6.14. The van der Waals surface area contributed by atoms with Gasteiger partial charge in [0, 0.05) is 11.1 Å². The molecule has 90 valence electrons. The number of halogens is 2. The third-order valence-electron chi connectivity index (χ3n) is 2.43. The topological polar surface area (TPSA) is 12.0 Å². The van der Waals surface area contributed by atoms with Crippen LogP contribution in [0.1, 0.15) is 32.3 Å². The molecule has 1 aromatic rings. The zero-order valence-corrected chi connectivity index (χ0v) is 10.6. The number of unbranched alkanes of at least 4 members (excludes halogenated alkanes) is 1. The van der Waals surface area contributed by atoms with Crippen molar-refractivity contribution in [3.63, 3.8) is 0 Å². The van der Waals surface area contributed by atoms with E-state index in [0.29, 0.717) is 11.1 Å². The van der Waals surface area contributed by atoms with E-state index in [1.54, 1.807) is 12.1 Å². The summed E-state index contributed by atoms with van der Waals surface area (Å²) in [6.07, 6.45) is 2.80. The molecule has 0 heterocycles. The number of hydrogen-bond acceptors (Lipinski definition) is 1. The molecule has 3 heteroatoms. The molecular formula is C13H19ClFN. The van der Waals surface area contributed by atoms with E-state index >= 15 is 0 Å². The van der Waals surface area contributed by atoms with Gasteiger partial charge in [0.05, 0.1) is 0 Å². The summed E-state index contributed by atoms with van der Waals surface area (Å²) in [5, 5.41) is 3.95. The molecule has 0 aliphatic rings. The molecule has 1 rings (SSSR count). The first-order chi connectivity index (χ1) is 7.59. The van der Waals surface area contributed by atoms with E-state index in [9.17, 15) is 4.39 Å². The zero-order chi connectivity index (χ0) is 12.0. The molecule has 0 atom stereocenters. The van der Waals surface area contributed by atoms with E-state index in [1.807, 2.05) is 0 Å². The minimum Gasteiger partial charge on any atom is -0.315 e. The molecular weight excluding hydrogens is 225 g/mol. The van der Waals surface area contributed by atoms with Crippen molar-refractivity contribution in [3.05, 3.63) is 34.6 Å². The fourth-order valence-electron chi connectivity index (χ4n) is 1.57. The summed E-state index contributed by atoms with van der Waals surface area (Å²) in [7, 11) is 0. The first-order valence-electron chi connectivity index (χ1n) is 5.77. The van der Waals surface area contributed by atoms with E-state index in [-0.39, 0.29) is 5.82 Å². The van der Waals surface area contributed by atoms with Crippen LogP contribution in [0.4, 0.5) is 4.39 Å². The van der Waals surface area contributed by atoms with E-state index in [1.165, 1.54) is 6.07 Å². The Hall–Kier alpha value is -0.600. The van der Waals surface area contributed by atoms with Gasteiger partial charge in [0.15, 0.2) is 0 Å². The summed E-state index contributed by atoms with van der Waals surface area (Å²) in [5.41, 5.74) is 0.719. The molecule has 0 amide bonds. The first kappa shape index (κ1) is 13.5. The summed E-state index contributed by atoms with van der Waals surface area (Å²) >= 11 is 5.82. The summed E-state index contributed by atoms with van der Waals surface area (Å²) in [6, 6.07) is 5.25. The molecule has 0 bridgehead atoms. The molecule has 0 aliphatic carbocycles. The Balaban J connectivity index is 2.29. The lowest BCUT2D eigenvalue weighted by atomic mass is 10.1. The largest absolute Gasteiger partial charge is 0.315 e. The van der Waals surface area contributed by atoms with Crippen LogP contribution >= 0.6 is 11.6 Å². The Morgan fingerprint density at radius 3 is 2.75 bits per heavy atom. The van der Waals surface area contributed by atoms with Gasteiger partial charge in [0.25, 0.3) is 0 Å². The smallest absolute Gasteiger partial charge is 0.126 e. The van der Waals surface area contributed by atoms with Gasteiger partial charge in [-0.25, -0.2) is 4.39 Å². The third-order valence-corrected chi connectivity index (χ3v) is 2.67. The van der Waals surface area contributed by atoms with Crippen molar-refractivity contribution in [1.82, 2.24) is 5.32 Å². The Kier molecular flexibility index (Phi) is 5.78. The van der Waals surface area contributed by atoms with Crippen molar-refractivity contribution < 1.29 is 4.39 Å². The second-order valence-electron chi connectivity index (χ2n) is 4.30. The second kappa shape index (κ2) is 6.87. The van der Waals surface area contributed by atoms with Crippen LogP contribution in [-0.2, 0) is 6.42 Å². The number of nitrogens with one attached hydrogen (secondary N) is 1. The van der Waals surface area contributed by atoms with Crippen molar-refractivity contribution in [2.75, 3.05) is 6.54 Å². The minimum atomic E-state index is -0.152. The number of rotatable bonds is 6. The van der Waals surface area contributed by atoms with Crippen LogP contribution in [0.5, 0.6) is 0 Å². The summed E-state index contributed by atoms with van der Waals surface area (Å²) in [4.78, 5) is 0. The lowest BCUT2D eigenvalue weighted by Gasteiger charge is -2.08. The van der Waals surface area contributed by atoms with E-state index < -0.39 is 0 Å². The Bertz CT molecular complexity index is 326. The Morgan fingerprint density at radius 2 is 2.06 bits per heavy atom. The highest BCUT2D eigenvalue weighted by molar-refractivity contribution is 6.30. The van der Waals surface area contributed by atoms with E-state index in [0.717, 1.165) is 31.4 Å². The molecule has 16 heavy (non-hydrogen) atoms. The Morgan fingerprint density at radius 1 is 1.31 bits per heavy atom. The van der Waals surface area contributed by atoms with Crippen LogP contribution in [0.3, 0.4) is 0 Å². The maximum absolute atomic E-state index is 13.3. The van der Waals surface area contributed by atoms with Gasteiger partial charge in [0.2, 0.25) is 0 Å². The molecule has 0 aliphatic heterocycles. The molecule has 0 spiro atoms. The second-order valence-corrected chi connectivity index (χ2v) is 4.74. The lowest BCUT2D eigenvalue weighted by Crippen LogP contribution is -2.23. The van der Waals surface area contributed by atoms with Crippen molar-refractivity contribution in [2.24, 2.45) is 0 Å². The molecule has 0 radical (unpaired) electrons. The van der Waals surface area contributed by atoms with Crippen LogP contribution in [0.25, 0.3) is 0 Å². The van der Waals surface area contributed by atoms with Crippen molar-refractivity contribution in [3.8, 4) is 0 Å². The SMILES string of the molecule is CC(C)NCCCCc1cc(Cl)ccc1F. The van der Waals surface area contributed by atoms with Crippen LogP contribution in [-0.4, -0.2) is 12.6 Å². The maximum Gasteiger partial charge on any atom is 0.126 e. The highest BCUT2D eigenvalue weighted by atomic mass is 35.5. The quantitative estimate of drug-likeness (QED) is 0.750. The fraction of sp³-hybridized carbons (Fsp3) is 0.538. The molecule has 0 unspecified atom stereocenters. The van der Waals surface area contributed by atoms with E-state index in [2.05, 4.69) is 19.2 Å². The predicted octanol–water partition coefficient (Wildman–Crippen LogP) is 3.80. The van der Waals surface area contributed by atoms with Gasteiger partial charge in [-0.05, 0) is 49.6 Å². The third kappa shape index (κ3) is 4.95. The van der Waals surface area contributed by atoms with Gasteiger partial charge in [-0.3, -0.25) is 0 Å². The average Bonchev–Trinajstić information content (AvgIpc) is 2.22. The van der Waals surface area contributed by atoms with Crippen molar-refractivity contribution in [1.29, 1.82) is 0 Å². The van der Waals surface area contributed by atoms with Crippen molar-refractivity contribution in [2.45, 2.75) is 39.2 Å². The lowest BCUT2D eigenvalue weighted by molar-refractivity contribution is 0.550. The molecule has 0 saturated heterocycles. The van der Waals surface area contributed by atoms with Crippen molar-refractivity contribution >= 4 is 11.6 Å². The van der Waals surface area contributed by atoms with Gasteiger partial charge >= 0.3 is 0 Å². The number of benzene rings is 1. The van der Waals surface area contributed by atoms with Crippen LogP contribution in [0, 0.1) is 5.82 Å². The molecule has 1 nitrogen and oxygen atoms in total. The maximum atomic E-state index is 13.3. The molecule has 0 aromatic heterocycles. The highest BCUT2D eigenvalue weighted by Crippen LogP contribution is 2.16. The highest BCUT2D eigenvalue weighted by Gasteiger charge is 2.02. The number of aryl methyl sites for hydroxylation is 1. The average molecular weight is 244 g/mol. The fourth-order valence-corrected chi connectivity index (χ4v) is 1.76. The minimum absolute atomic E-state index is 0.152. The van der Waals surface area contributed by atoms with Gasteiger partial charge < -0.3 is 5.32 Å². The van der Waals surface area contributed by atoms with Gasteiger partial charge in [0.1, 0.15) is 5.82 Å². The standard InChI is InChI=1S/C13H19ClFN/c1-10(2)16-8-4-3-5-11-9-12(14)6-7-13(11)15/h6-7,9-10,16H,3-5,8H2,1-2H3. The molecule has 0 saturated carbocycles. The summed E-state index contributed by atoms with van der Waals surface area (Å²) in [5.74, 6) is -0.152. The van der Waals surface area contributed by atoms with Gasteiger partial charge in [-0.1, -0.05) is 25.4 Å². The summed E-state index contributed by atoms with van der Waals surface area (Å²) in [6.45, 7) is 5.23. The Labute approximate surface area is 102 Å². The van der Waals surface area contributed by atoms with Gasteiger partial charge in [-0.2, -0.15) is 0 Å². The predicted molar refractivity (Wildman–Crippen MR) is 67.5 cm³/mol. The molecule has 1 N–H and O–H groups in total. The normalized spacial score (nSPS) is 11.1. The molecule has 1 aromatic carbocycles. The van der Waals surface area contributed by atoms with Crippen LogP contribution < -0.4 is 5.32 Å². The zero-order valence-electron chi connectivity index (χ0n) is 9.89. The van der Waals surface area contributed by atoms with Gasteiger partial charge in [-0.15, -0.1) is 0 Å². The number of hydrogen-bond donors (Lipinski definition) is 1. The van der Waals surface area contributed by atoms with Crippen LogP contribution in [0.15, 0.2) is 18.2 Å². The van der Waals surface area contributed by atoms with Crippen LogP contribution in [0.2, 0.25) is 5.02 Å².